The minimum Gasteiger partial charge on any atom is -0.246 e. The van der Waals surface area contributed by atoms with E-state index >= 15 is 0 Å². The SMILES string of the molecule is CC(C)(C)c1ccc(-c2nc(-c3ccc(C(C)(C)C)cc3)c3ccc4c(-c5ccc(C(C)(C)C)cc5)nc(-c5ccc(C(C)(C)C)cc5)c5ccc2c3c54)cc1. The van der Waals surface area contributed by atoms with Gasteiger partial charge in [0.25, 0.3) is 0 Å². The lowest BCUT2D eigenvalue weighted by molar-refractivity contribution is 0.590. The third kappa shape index (κ3) is 6.68. The molecule has 56 heavy (non-hydrogen) atoms. The first-order valence-corrected chi connectivity index (χ1v) is 20.3. The molecule has 0 N–H and O–H groups in total. The van der Waals surface area contributed by atoms with Gasteiger partial charge in [0, 0.05) is 54.6 Å². The Morgan fingerprint density at radius 3 is 0.589 bits per heavy atom. The highest BCUT2D eigenvalue weighted by Gasteiger charge is 2.24. The van der Waals surface area contributed by atoms with Crippen LogP contribution in [0.4, 0.5) is 0 Å². The van der Waals surface area contributed by atoms with E-state index in [1.165, 1.54) is 33.0 Å². The van der Waals surface area contributed by atoms with E-state index in [-0.39, 0.29) is 21.7 Å². The second kappa shape index (κ2) is 13.1. The summed E-state index contributed by atoms with van der Waals surface area (Å²) in [6.07, 6.45) is 0. The summed E-state index contributed by atoms with van der Waals surface area (Å²) in [7, 11) is 0. The molecular weight excluding hydrogens is 677 g/mol. The lowest BCUT2D eigenvalue weighted by atomic mass is 9.84. The standard InChI is InChI=1S/C54H56N2/c1-51(2,3)37-21-13-33(14-22-37)47-41-29-30-43-46-44(32-31-42(45(41)46)48(55-47)34-15-23-38(24-16-34)52(4,5)6)50(36-19-27-40(28-20-36)54(10,11)12)56-49(43)35-17-25-39(26-18-35)53(7,8)9/h13-32H,1-12H3. The predicted molar refractivity (Wildman–Crippen MR) is 242 cm³/mol. The summed E-state index contributed by atoms with van der Waals surface area (Å²) in [5.41, 5.74) is 14.0. The molecule has 8 rings (SSSR count). The number of pyridine rings is 2. The molecule has 0 fully saturated rings. The Labute approximate surface area is 334 Å². The third-order valence-electron chi connectivity index (χ3n) is 11.7. The van der Waals surface area contributed by atoms with E-state index in [4.69, 9.17) is 9.97 Å². The third-order valence-corrected chi connectivity index (χ3v) is 11.7. The first-order valence-electron chi connectivity index (χ1n) is 20.3. The Balaban J connectivity index is 1.48. The highest BCUT2D eigenvalue weighted by molar-refractivity contribution is 6.30. The highest BCUT2D eigenvalue weighted by Crippen LogP contribution is 2.47. The zero-order chi connectivity index (χ0) is 39.9. The van der Waals surface area contributed by atoms with Crippen LogP contribution in [0.15, 0.2) is 121 Å². The molecule has 0 saturated heterocycles. The fourth-order valence-electron chi connectivity index (χ4n) is 8.14. The van der Waals surface area contributed by atoms with Gasteiger partial charge in [-0.1, -0.05) is 204 Å². The Morgan fingerprint density at radius 2 is 0.429 bits per heavy atom. The van der Waals surface area contributed by atoms with Crippen molar-refractivity contribution in [3.05, 3.63) is 144 Å². The molecule has 2 heterocycles. The monoisotopic (exact) mass is 732 g/mol. The van der Waals surface area contributed by atoms with Crippen molar-refractivity contribution in [3.63, 3.8) is 0 Å². The topological polar surface area (TPSA) is 25.8 Å². The van der Waals surface area contributed by atoms with Crippen LogP contribution in [0.3, 0.4) is 0 Å². The summed E-state index contributed by atoms with van der Waals surface area (Å²) in [6.45, 7) is 27.2. The number of hydrogen-bond donors (Lipinski definition) is 0. The van der Waals surface area contributed by atoms with Crippen molar-refractivity contribution < 1.29 is 0 Å². The van der Waals surface area contributed by atoms with Gasteiger partial charge in [-0.15, -0.1) is 0 Å². The van der Waals surface area contributed by atoms with E-state index in [9.17, 15) is 0 Å². The maximum Gasteiger partial charge on any atom is 0.0788 e. The predicted octanol–water partition coefficient (Wildman–Crippen LogP) is 15.2. The van der Waals surface area contributed by atoms with Gasteiger partial charge in [0.2, 0.25) is 0 Å². The Morgan fingerprint density at radius 1 is 0.250 bits per heavy atom. The number of aromatic nitrogens is 2. The summed E-state index contributed by atoms with van der Waals surface area (Å²) < 4.78 is 0. The number of benzene rings is 6. The zero-order valence-electron chi connectivity index (χ0n) is 35.4. The summed E-state index contributed by atoms with van der Waals surface area (Å²) in [5, 5.41) is 7.11. The second-order valence-electron chi connectivity index (χ2n) is 20.0. The fourth-order valence-corrected chi connectivity index (χ4v) is 8.14. The van der Waals surface area contributed by atoms with Crippen LogP contribution >= 0.6 is 0 Å². The maximum atomic E-state index is 5.59. The Bertz CT molecular complexity index is 2330. The molecule has 282 valence electrons. The van der Waals surface area contributed by atoms with Crippen LogP contribution in [-0.2, 0) is 21.7 Å². The molecule has 0 aliphatic heterocycles. The molecule has 0 saturated carbocycles. The van der Waals surface area contributed by atoms with Crippen molar-refractivity contribution in [2.24, 2.45) is 0 Å². The first kappa shape index (κ1) is 37.6. The summed E-state index contributed by atoms with van der Waals surface area (Å²) in [5.74, 6) is 0. The van der Waals surface area contributed by atoms with E-state index < -0.39 is 0 Å². The molecule has 0 unspecified atom stereocenters. The van der Waals surface area contributed by atoms with Gasteiger partial charge in [-0.05, 0) is 43.9 Å². The first-order chi connectivity index (χ1) is 26.3. The molecule has 8 aromatic rings. The van der Waals surface area contributed by atoms with Crippen molar-refractivity contribution in [2.45, 2.75) is 105 Å². The largest absolute Gasteiger partial charge is 0.246 e. The molecule has 0 atom stereocenters. The number of nitrogens with zero attached hydrogens (tertiary/aromatic N) is 2. The van der Waals surface area contributed by atoms with Crippen LogP contribution in [0.2, 0.25) is 0 Å². The van der Waals surface area contributed by atoms with Gasteiger partial charge < -0.3 is 0 Å². The average molecular weight is 733 g/mol. The molecule has 0 radical (unpaired) electrons. The smallest absolute Gasteiger partial charge is 0.0788 e. The van der Waals surface area contributed by atoms with Crippen LogP contribution in [0.25, 0.3) is 77.3 Å². The highest BCUT2D eigenvalue weighted by atomic mass is 14.7. The molecule has 2 aromatic heterocycles. The molecule has 0 aliphatic carbocycles. The molecular formula is C54H56N2. The number of hydrogen-bond acceptors (Lipinski definition) is 2. The van der Waals surface area contributed by atoms with Crippen LogP contribution in [0.1, 0.15) is 105 Å². The minimum absolute atomic E-state index is 0.0601. The lowest BCUT2D eigenvalue weighted by Gasteiger charge is -2.23. The van der Waals surface area contributed by atoms with Crippen LogP contribution in [-0.4, -0.2) is 9.97 Å². The Kier molecular flexibility index (Phi) is 8.81. The molecule has 2 heteroatoms. The van der Waals surface area contributed by atoms with Gasteiger partial charge >= 0.3 is 0 Å². The van der Waals surface area contributed by atoms with Gasteiger partial charge in [0.15, 0.2) is 0 Å². The van der Waals surface area contributed by atoms with Crippen molar-refractivity contribution in [1.29, 1.82) is 0 Å². The average Bonchev–Trinajstić information content (AvgIpc) is 3.15. The van der Waals surface area contributed by atoms with Crippen molar-refractivity contribution >= 4 is 32.3 Å². The summed E-state index contributed by atoms with van der Waals surface area (Å²) in [4.78, 5) is 11.2. The van der Waals surface area contributed by atoms with Crippen molar-refractivity contribution in [1.82, 2.24) is 9.97 Å². The van der Waals surface area contributed by atoms with E-state index in [1.807, 2.05) is 0 Å². The van der Waals surface area contributed by atoms with E-state index in [1.54, 1.807) is 0 Å². The van der Waals surface area contributed by atoms with E-state index in [2.05, 4.69) is 204 Å². The quantitative estimate of drug-likeness (QED) is 0.168. The van der Waals surface area contributed by atoms with Crippen molar-refractivity contribution in [3.8, 4) is 45.0 Å². The van der Waals surface area contributed by atoms with Gasteiger partial charge in [-0.25, -0.2) is 9.97 Å². The molecule has 0 aliphatic rings. The van der Waals surface area contributed by atoms with Crippen molar-refractivity contribution in [2.75, 3.05) is 0 Å². The molecule has 2 nitrogen and oxygen atoms in total. The fraction of sp³-hybridized carbons (Fsp3) is 0.296. The molecule has 0 spiro atoms. The van der Waals surface area contributed by atoms with Gasteiger partial charge in [0.05, 0.1) is 22.8 Å². The zero-order valence-corrected chi connectivity index (χ0v) is 35.4. The molecule has 0 amide bonds. The van der Waals surface area contributed by atoms with E-state index in [0.29, 0.717) is 0 Å². The molecule has 0 bridgehead atoms. The maximum absolute atomic E-state index is 5.59. The van der Waals surface area contributed by atoms with Crippen LogP contribution < -0.4 is 0 Å². The van der Waals surface area contributed by atoms with Gasteiger partial charge in [-0.2, -0.15) is 0 Å². The number of rotatable bonds is 4. The van der Waals surface area contributed by atoms with Gasteiger partial charge in [0.1, 0.15) is 0 Å². The van der Waals surface area contributed by atoms with E-state index in [0.717, 1.165) is 66.6 Å². The Hall–Kier alpha value is -5.34. The summed E-state index contributed by atoms with van der Waals surface area (Å²) >= 11 is 0. The molecule has 6 aromatic carbocycles. The van der Waals surface area contributed by atoms with Crippen LogP contribution in [0.5, 0.6) is 0 Å². The minimum atomic E-state index is 0.0601. The second-order valence-corrected chi connectivity index (χ2v) is 20.0. The van der Waals surface area contributed by atoms with Crippen LogP contribution in [0, 0.1) is 0 Å². The summed E-state index contributed by atoms with van der Waals surface area (Å²) in [6, 6.07) is 45.5. The lowest BCUT2D eigenvalue weighted by Crippen LogP contribution is -2.10. The van der Waals surface area contributed by atoms with Gasteiger partial charge in [-0.3, -0.25) is 0 Å². The normalized spacial score (nSPS) is 13.0.